The zero-order valence-corrected chi connectivity index (χ0v) is 12.8. The second-order valence-corrected chi connectivity index (χ2v) is 5.80. The predicted molar refractivity (Wildman–Crippen MR) is 93.3 cm³/mol. The predicted octanol–water partition coefficient (Wildman–Crippen LogP) is 4.59. The van der Waals surface area contributed by atoms with Crippen LogP contribution in [0.5, 0.6) is 0 Å². The molecule has 0 aliphatic heterocycles. The summed E-state index contributed by atoms with van der Waals surface area (Å²) < 4.78 is 0. The van der Waals surface area contributed by atoms with E-state index in [0.717, 1.165) is 22.4 Å². The fourth-order valence-corrected chi connectivity index (χ4v) is 2.82. The number of hydrogen-bond acceptors (Lipinski definition) is 1. The second kappa shape index (κ2) is 7.00. The third-order valence-corrected chi connectivity index (χ3v) is 4.09. The van der Waals surface area contributed by atoms with Gasteiger partial charge in [0.1, 0.15) is 0 Å². The van der Waals surface area contributed by atoms with Crippen molar-refractivity contribution in [3.05, 3.63) is 77.9 Å². The molecule has 1 heteroatoms. The Balaban J connectivity index is 1.65. The minimum Gasteiger partial charge on any atom is -0.382 e. The highest BCUT2D eigenvalue weighted by molar-refractivity contribution is 5.62. The summed E-state index contributed by atoms with van der Waals surface area (Å²) in [7, 11) is 0. The Morgan fingerprint density at radius 3 is 2.09 bits per heavy atom. The SMILES string of the molecule is C=C(NC1CCCC1)c1ccc(C#Cc2ccccc2)cc1. The van der Waals surface area contributed by atoms with Crippen LogP contribution in [0.3, 0.4) is 0 Å². The van der Waals surface area contributed by atoms with Crippen molar-refractivity contribution >= 4 is 5.70 Å². The maximum Gasteiger partial charge on any atom is 0.0342 e. The van der Waals surface area contributed by atoms with Crippen molar-refractivity contribution in [3.63, 3.8) is 0 Å². The first-order valence-corrected chi connectivity index (χ1v) is 7.94. The molecule has 0 spiro atoms. The molecule has 1 N–H and O–H groups in total. The molecule has 0 unspecified atom stereocenters. The van der Waals surface area contributed by atoms with Crippen LogP contribution >= 0.6 is 0 Å². The highest BCUT2D eigenvalue weighted by atomic mass is 14.9. The molecule has 0 amide bonds. The van der Waals surface area contributed by atoms with Crippen LogP contribution in [0.2, 0.25) is 0 Å². The normalized spacial score (nSPS) is 14.2. The van der Waals surface area contributed by atoms with Gasteiger partial charge in [0.15, 0.2) is 0 Å². The standard InChI is InChI=1S/C21H21N/c1-17(22-21-9-5-6-10-21)20-15-13-19(14-16-20)12-11-18-7-3-2-4-8-18/h2-4,7-8,13-16,21-22H,1,5-6,9-10H2. The monoisotopic (exact) mass is 287 g/mol. The summed E-state index contributed by atoms with van der Waals surface area (Å²) in [5, 5.41) is 3.54. The molecule has 110 valence electrons. The molecule has 2 aromatic carbocycles. The minimum absolute atomic E-state index is 0.602. The van der Waals surface area contributed by atoms with Gasteiger partial charge in [-0.15, -0.1) is 0 Å². The quantitative estimate of drug-likeness (QED) is 0.814. The van der Waals surface area contributed by atoms with Crippen molar-refractivity contribution in [3.8, 4) is 11.8 Å². The molecule has 0 radical (unpaired) electrons. The van der Waals surface area contributed by atoms with Crippen molar-refractivity contribution in [1.29, 1.82) is 0 Å². The summed E-state index contributed by atoms with van der Waals surface area (Å²) in [6, 6.07) is 19.0. The average Bonchev–Trinajstić information content (AvgIpc) is 3.07. The van der Waals surface area contributed by atoms with E-state index in [1.165, 1.54) is 25.7 Å². The van der Waals surface area contributed by atoms with Gasteiger partial charge in [0, 0.05) is 22.9 Å². The molecule has 0 saturated heterocycles. The molecule has 0 aromatic heterocycles. The number of benzene rings is 2. The summed E-state index contributed by atoms with van der Waals surface area (Å²) >= 11 is 0. The van der Waals surface area contributed by atoms with Crippen LogP contribution in [0, 0.1) is 11.8 Å². The van der Waals surface area contributed by atoms with E-state index in [1.807, 2.05) is 30.3 Å². The van der Waals surface area contributed by atoms with Crippen LogP contribution in [-0.2, 0) is 0 Å². The van der Waals surface area contributed by atoms with E-state index in [4.69, 9.17) is 0 Å². The van der Waals surface area contributed by atoms with Crippen LogP contribution < -0.4 is 5.32 Å². The van der Waals surface area contributed by atoms with E-state index < -0.39 is 0 Å². The molecule has 0 bridgehead atoms. The Morgan fingerprint density at radius 2 is 1.45 bits per heavy atom. The summed E-state index contributed by atoms with van der Waals surface area (Å²) in [5.41, 5.74) is 4.24. The smallest absolute Gasteiger partial charge is 0.0342 e. The summed E-state index contributed by atoms with van der Waals surface area (Å²) in [6.07, 6.45) is 5.19. The fourth-order valence-electron chi connectivity index (χ4n) is 2.82. The van der Waals surface area contributed by atoms with Crippen LogP contribution in [0.4, 0.5) is 0 Å². The van der Waals surface area contributed by atoms with Crippen LogP contribution in [0.1, 0.15) is 42.4 Å². The van der Waals surface area contributed by atoms with Crippen molar-refractivity contribution in [2.24, 2.45) is 0 Å². The van der Waals surface area contributed by atoms with Gasteiger partial charge >= 0.3 is 0 Å². The number of rotatable bonds is 3. The Morgan fingerprint density at radius 1 is 0.864 bits per heavy atom. The minimum atomic E-state index is 0.602. The van der Waals surface area contributed by atoms with Crippen molar-refractivity contribution in [2.75, 3.05) is 0 Å². The fraction of sp³-hybridized carbons (Fsp3) is 0.238. The van der Waals surface area contributed by atoms with Crippen molar-refractivity contribution in [2.45, 2.75) is 31.7 Å². The largest absolute Gasteiger partial charge is 0.382 e. The first kappa shape index (κ1) is 14.5. The first-order valence-electron chi connectivity index (χ1n) is 7.94. The molecule has 1 fully saturated rings. The molecule has 3 rings (SSSR count). The third-order valence-electron chi connectivity index (χ3n) is 4.09. The first-order chi connectivity index (χ1) is 10.8. The molecule has 1 nitrogen and oxygen atoms in total. The van der Waals surface area contributed by atoms with Gasteiger partial charge in [0.25, 0.3) is 0 Å². The molecular weight excluding hydrogens is 266 g/mol. The van der Waals surface area contributed by atoms with Crippen molar-refractivity contribution in [1.82, 2.24) is 5.32 Å². The van der Waals surface area contributed by atoms with Gasteiger partial charge in [-0.2, -0.15) is 0 Å². The van der Waals surface area contributed by atoms with E-state index >= 15 is 0 Å². The third kappa shape index (κ3) is 3.80. The van der Waals surface area contributed by atoms with Crippen LogP contribution in [0.25, 0.3) is 5.70 Å². The highest BCUT2D eigenvalue weighted by Crippen LogP contribution is 2.21. The van der Waals surface area contributed by atoms with Gasteiger partial charge in [0.05, 0.1) is 0 Å². The maximum absolute atomic E-state index is 4.16. The molecule has 1 aliphatic carbocycles. The lowest BCUT2D eigenvalue weighted by Gasteiger charge is -2.15. The van der Waals surface area contributed by atoms with Gasteiger partial charge in [-0.3, -0.25) is 0 Å². The topological polar surface area (TPSA) is 12.0 Å². The molecule has 1 saturated carbocycles. The second-order valence-electron chi connectivity index (χ2n) is 5.80. The Kier molecular flexibility index (Phi) is 4.61. The summed E-state index contributed by atoms with van der Waals surface area (Å²) in [5.74, 6) is 6.38. The number of nitrogens with one attached hydrogen (secondary N) is 1. The number of hydrogen-bond donors (Lipinski definition) is 1. The Bertz CT molecular complexity index is 680. The molecule has 2 aromatic rings. The van der Waals surface area contributed by atoms with Crippen LogP contribution in [-0.4, -0.2) is 6.04 Å². The van der Waals surface area contributed by atoms with E-state index in [0.29, 0.717) is 6.04 Å². The Labute approximate surface area is 133 Å². The molecular formula is C21H21N. The van der Waals surface area contributed by atoms with Crippen molar-refractivity contribution < 1.29 is 0 Å². The van der Waals surface area contributed by atoms with Gasteiger partial charge in [-0.05, 0) is 42.7 Å². The lowest BCUT2D eigenvalue weighted by molar-refractivity contribution is 0.619. The van der Waals surface area contributed by atoms with E-state index in [-0.39, 0.29) is 0 Å². The maximum atomic E-state index is 4.16. The summed E-state index contributed by atoms with van der Waals surface area (Å²) in [4.78, 5) is 0. The molecule has 22 heavy (non-hydrogen) atoms. The highest BCUT2D eigenvalue weighted by Gasteiger charge is 2.15. The lowest BCUT2D eigenvalue weighted by atomic mass is 10.1. The van der Waals surface area contributed by atoms with E-state index in [2.05, 4.69) is 48.0 Å². The van der Waals surface area contributed by atoms with E-state index in [9.17, 15) is 0 Å². The molecule has 0 heterocycles. The molecule has 1 aliphatic rings. The Hall–Kier alpha value is -2.46. The van der Waals surface area contributed by atoms with Gasteiger partial charge in [-0.1, -0.05) is 61.6 Å². The average molecular weight is 287 g/mol. The van der Waals surface area contributed by atoms with Crippen LogP contribution in [0.15, 0.2) is 61.2 Å². The summed E-state index contributed by atoms with van der Waals surface area (Å²) in [6.45, 7) is 4.16. The van der Waals surface area contributed by atoms with Gasteiger partial charge < -0.3 is 5.32 Å². The van der Waals surface area contributed by atoms with Gasteiger partial charge in [-0.25, -0.2) is 0 Å². The zero-order chi connectivity index (χ0) is 15.2. The van der Waals surface area contributed by atoms with E-state index in [1.54, 1.807) is 0 Å². The van der Waals surface area contributed by atoms with Gasteiger partial charge in [0.2, 0.25) is 0 Å². The zero-order valence-electron chi connectivity index (χ0n) is 12.8. The lowest BCUT2D eigenvalue weighted by Crippen LogP contribution is -2.23. The molecule has 0 atom stereocenters.